The summed E-state index contributed by atoms with van der Waals surface area (Å²) in [5.41, 5.74) is 1.03. The van der Waals surface area contributed by atoms with Gasteiger partial charge in [-0.2, -0.15) is 0 Å². The summed E-state index contributed by atoms with van der Waals surface area (Å²) < 4.78 is 2.17. The number of pyridine rings is 1. The Kier molecular flexibility index (Phi) is 2.44. The molecule has 0 amide bonds. The first-order valence-corrected chi connectivity index (χ1v) is 5.25. The second kappa shape index (κ2) is 3.50. The quantitative estimate of drug-likeness (QED) is 0.878. The van der Waals surface area contributed by atoms with E-state index in [0.717, 1.165) is 0 Å². The van der Waals surface area contributed by atoms with Crippen LogP contribution in [0.2, 0.25) is 5.02 Å². The molecule has 0 saturated heterocycles. The van der Waals surface area contributed by atoms with Crippen molar-refractivity contribution in [3.63, 3.8) is 0 Å². The standard InChI is InChI=1S/C9H6BrClN2O2/c1-4-7(9(14)15)13-3-5(10)2-6(11)8(13)12-4/h2-3H,1H3,(H,14,15). The molecule has 78 valence electrons. The maximum atomic E-state index is 11.0. The van der Waals surface area contributed by atoms with Crippen molar-refractivity contribution < 1.29 is 9.90 Å². The highest BCUT2D eigenvalue weighted by Gasteiger charge is 2.17. The van der Waals surface area contributed by atoms with Gasteiger partial charge in [-0.3, -0.25) is 4.40 Å². The van der Waals surface area contributed by atoms with Crippen LogP contribution in [-0.2, 0) is 0 Å². The third kappa shape index (κ3) is 1.61. The first-order valence-electron chi connectivity index (χ1n) is 4.07. The molecule has 4 nitrogen and oxygen atoms in total. The van der Waals surface area contributed by atoms with Crippen LogP contribution in [0.15, 0.2) is 16.7 Å². The lowest BCUT2D eigenvalue weighted by atomic mass is 10.3. The lowest BCUT2D eigenvalue weighted by Crippen LogP contribution is -2.03. The minimum atomic E-state index is -1.02. The molecule has 0 spiro atoms. The number of carboxylic acids is 1. The van der Waals surface area contributed by atoms with E-state index in [1.807, 2.05) is 0 Å². The zero-order valence-electron chi connectivity index (χ0n) is 7.66. The summed E-state index contributed by atoms with van der Waals surface area (Å²) >= 11 is 9.20. The Hall–Kier alpha value is -1.07. The van der Waals surface area contributed by atoms with E-state index in [-0.39, 0.29) is 5.69 Å². The Bertz CT molecular complexity index is 565. The van der Waals surface area contributed by atoms with Crippen molar-refractivity contribution in [3.05, 3.63) is 33.1 Å². The van der Waals surface area contributed by atoms with Gasteiger partial charge in [0, 0.05) is 10.7 Å². The molecule has 0 fully saturated rings. The lowest BCUT2D eigenvalue weighted by Gasteiger charge is -1.99. The highest BCUT2D eigenvalue weighted by molar-refractivity contribution is 9.10. The predicted molar refractivity (Wildman–Crippen MR) is 59.6 cm³/mol. The summed E-state index contributed by atoms with van der Waals surface area (Å²) in [7, 11) is 0. The molecule has 15 heavy (non-hydrogen) atoms. The van der Waals surface area contributed by atoms with Gasteiger partial charge in [-0.05, 0) is 28.9 Å². The fourth-order valence-corrected chi connectivity index (χ4v) is 2.26. The number of aromatic nitrogens is 2. The van der Waals surface area contributed by atoms with Gasteiger partial charge in [0.1, 0.15) is 0 Å². The van der Waals surface area contributed by atoms with E-state index in [1.165, 1.54) is 4.40 Å². The number of nitrogens with zero attached hydrogens (tertiary/aromatic N) is 2. The Balaban J connectivity index is 2.93. The third-order valence-corrected chi connectivity index (χ3v) is 2.73. The van der Waals surface area contributed by atoms with E-state index in [1.54, 1.807) is 19.2 Å². The molecule has 1 N–H and O–H groups in total. The van der Waals surface area contributed by atoms with Gasteiger partial charge in [-0.1, -0.05) is 11.6 Å². The van der Waals surface area contributed by atoms with Gasteiger partial charge in [0.2, 0.25) is 0 Å². The number of aryl methyl sites for hydroxylation is 1. The lowest BCUT2D eigenvalue weighted by molar-refractivity contribution is 0.0688. The summed E-state index contributed by atoms with van der Waals surface area (Å²) in [6.07, 6.45) is 1.63. The zero-order chi connectivity index (χ0) is 11.2. The number of hydrogen-bond donors (Lipinski definition) is 1. The van der Waals surface area contributed by atoms with Gasteiger partial charge in [0.05, 0.1) is 10.7 Å². The highest BCUT2D eigenvalue weighted by Crippen LogP contribution is 2.24. The molecule has 6 heteroatoms. The second-order valence-corrected chi connectivity index (χ2v) is 4.37. The van der Waals surface area contributed by atoms with Crippen molar-refractivity contribution in [3.8, 4) is 0 Å². The maximum Gasteiger partial charge on any atom is 0.354 e. The molecule has 0 atom stereocenters. The van der Waals surface area contributed by atoms with Crippen molar-refractivity contribution in [1.29, 1.82) is 0 Å². The number of rotatable bonds is 1. The molecule has 0 aliphatic rings. The van der Waals surface area contributed by atoms with Crippen molar-refractivity contribution in [2.45, 2.75) is 6.92 Å². The Morgan fingerprint density at radius 1 is 1.67 bits per heavy atom. The van der Waals surface area contributed by atoms with E-state index < -0.39 is 5.97 Å². The number of hydrogen-bond acceptors (Lipinski definition) is 2. The molecular formula is C9H6BrClN2O2. The van der Waals surface area contributed by atoms with Crippen LogP contribution in [0.1, 0.15) is 16.2 Å². The second-order valence-electron chi connectivity index (χ2n) is 3.05. The number of imidazole rings is 1. The Morgan fingerprint density at radius 2 is 2.33 bits per heavy atom. The minimum absolute atomic E-state index is 0.133. The van der Waals surface area contributed by atoms with Crippen LogP contribution in [-0.4, -0.2) is 20.5 Å². The van der Waals surface area contributed by atoms with Crippen LogP contribution in [0.3, 0.4) is 0 Å². The topological polar surface area (TPSA) is 54.6 Å². The van der Waals surface area contributed by atoms with Crippen molar-refractivity contribution in [2.24, 2.45) is 0 Å². The number of aromatic carboxylic acids is 1. The normalized spacial score (nSPS) is 10.9. The zero-order valence-corrected chi connectivity index (χ0v) is 10.0. The summed E-state index contributed by atoms with van der Waals surface area (Å²) in [6.45, 7) is 1.64. The monoisotopic (exact) mass is 288 g/mol. The van der Waals surface area contributed by atoms with Gasteiger partial charge in [0.25, 0.3) is 0 Å². The Labute approximate surface area is 98.6 Å². The number of carbonyl (C=O) groups is 1. The summed E-state index contributed by atoms with van der Waals surface area (Å²) in [4.78, 5) is 15.1. The average molecular weight is 290 g/mol. The summed E-state index contributed by atoms with van der Waals surface area (Å²) in [5.74, 6) is -1.02. The van der Waals surface area contributed by atoms with Crippen LogP contribution in [0.4, 0.5) is 0 Å². The van der Waals surface area contributed by atoms with E-state index in [9.17, 15) is 4.79 Å². The van der Waals surface area contributed by atoms with Crippen molar-refractivity contribution in [1.82, 2.24) is 9.38 Å². The number of fused-ring (bicyclic) bond motifs is 1. The van der Waals surface area contributed by atoms with E-state index in [2.05, 4.69) is 20.9 Å². The molecule has 0 aliphatic heterocycles. The Morgan fingerprint density at radius 3 is 2.93 bits per heavy atom. The molecule has 2 heterocycles. The van der Waals surface area contributed by atoms with E-state index in [0.29, 0.717) is 20.8 Å². The van der Waals surface area contributed by atoms with Crippen LogP contribution in [0.5, 0.6) is 0 Å². The van der Waals surface area contributed by atoms with Gasteiger partial charge in [-0.15, -0.1) is 0 Å². The maximum absolute atomic E-state index is 11.0. The molecule has 0 unspecified atom stereocenters. The van der Waals surface area contributed by atoms with Gasteiger partial charge in [-0.25, -0.2) is 9.78 Å². The summed E-state index contributed by atoms with van der Waals surface area (Å²) in [5, 5.41) is 9.43. The first kappa shape index (κ1) is 10.4. The van der Waals surface area contributed by atoms with Gasteiger partial charge in [0.15, 0.2) is 11.3 Å². The van der Waals surface area contributed by atoms with E-state index in [4.69, 9.17) is 16.7 Å². The third-order valence-electron chi connectivity index (χ3n) is 2.02. The van der Waals surface area contributed by atoms with E-state index >= 15 is 0 Å². The summed E-state index contributed by atoms with van der Waals surface area (Å²) in [6, 6.07) is 1.68. The average Bonchev–Trinajstić information content (AvgIpc) is 2.41. The van der Waals surface area contributed by atoms with Gasteiger partial charge < -0.3 is 5.11 Å². The molecule has 0 radical (unpaired) electrons. The molecule has 2 rings (SSSR count). The largest absolute Gasteiger partial charge is 0.477 e. The molecule has 0 aromatic carbocycles. The minimum Gasteiger partial charge on any atom is -0.477 e. The van der Waals surface area contributed by atoms with Crippen LogP contribution >= 0.6 is 27.5 Å². The van der Waals surface area contributed by atoms with Crippen LogP contribution in [0.25, 0.3) is 5.65 Å². The molecular weight excluding hydrogens is 283 g/mol. The molecule has 0 bridgehead atoms. The highest BCUT2D eigenvalue weighted by atomic mass is 79.9. The van der Waals surface area contributed by atoms with Gasteiger partial charge >= 0.3 is 5.97 Å². The van der Waals surface area contributed by atoms with Crippen LogP contribution < -0.4 is 0 Å². The van der Waals surface area contributed by atoms with Crippen molar-refractivity contribution in [2.75, 3.05) is 0 Å². The molecule has 0 saturated carbocycles. The number of halogens is 2. The fourth-order valence-electron chi connectivity index (χ4n) is 1.44. The number of carboxylic acid groups (broad SMARTS) is 1. The van der Waals surface area contributed by atoms with Crippen LogP contribution in [0, 0.1) is 6.92 Å². The van der Waals surface area contributed by atoms with Crippen molar-refractivity contribution >= 4 is 39.1 Å². The predicted octanol–water partition coefficient (Wildman–Crippen LogP) is 2.76. The molecule has 2 aromatic rings. The SMILES string of the molecule is Cc1nc2c(Cl)cc(Br)cn2c1C(=O)O. The molecule has 0 aliphatic carbocycles. The molecule has 2 aromatic heterocycles. The first-order chi connectivity index (χ1) is 7.00. The smallest absolute Gasteiger partial charge is 0.354 e. The fraction of sp³-hybridized carbons (Fsp3) is 0.111.